The molecule has 0 saturated carbocycles. The van der Waals surface area contributed by atoms with E-state index in [4.69, 9.17) is 9.52 Å². The molecule has 0 fully saturated rings. The van der Waals surface area contributed by atoms with E-state index in [0.29, 0.717) is 51.1 Å². The van der Waals surface area contributed by atoms with Crippen molar-refractivity contribution < 1.29 is 44.4 Å². The molecule has 1 aliphatic carbocycles. The summed E-state index contributed by atoms with van der Waals surface area (Å²) < 4.78 is 93.2. The van der Waals surface area contributed by atoms with Crippen LogP contribution in [0.2, 0.25) is 0 Å². The summed E-state index contributed by atoms with van der Waals surface area (Å²) >= 11 is 0. The lowest BCUT2D eigenvalue weighted by Gasteiger charge is -2.25. The van der Waals surface area contributed by atoms with Crippen molar-refractivity contribution in [2.24, 2.45) is 0 Å². The molecule has 15 heteroatoms. The van der Waals surface area contributed by atoms with Crippen molar-refractivity contribution in [3.63, 3.8) is 0 Å². The molecule has 12 nitrogen and oxygen atoms in total. The van der Waals surface area contributed by atoms with Gasteiger partial charge in [0.15, 0.2) is 26.2 Å². The van der Waals surface area contributed by atoms with Crippen LogP contribution in [0.3, 0.4) is 0 Å². The highest BCUT2D eigenvalue weighted by atomic mass is 32.2. The number of anilines is 2. The van der Waals surface area contributed by atoms with E-state index >= 15 is 0 Å². The number of benzene rings is 4. The van der Waals surface area contributed by atoms with Crippen LogP contribution < -0.4 is 14.8 Å². The second kappa shape index (κ2) is 14.4. The van der Waals surface area contributed by atoms with Gasteiger partial charge in [0.25, 0.3) is 10.1 Å². The van der Waals surface area contributed by atoms with Crippen molar-refractivity contribution in [2.75, 3.05) is 55.5 Å². The average Bonchev–Trinajstić information content (AvgIpc) is 3.06. The first-order valence-corrected chi connectivity index (χ1v) is 20.2. The highest BCUT2D eigenvalue weighted by Crippen LogP contribution is 2.43. The van der Waals surface area contributed by atoms with Crippen molar-refractivity contribution in [1.29, 1.82) is 0 Å². The van der Waals surface area contributed by atoms with E-state index in [9.17, 15) is 34.9 Å². The summed E-state index contributed by atoms with van der Waals surface area (Å²) in [6, 6.07) is 23.0. The number of hydrogen-bond acceptors (Lipinski definition) is 10. The number of aliphatic hydroxyl groups is 2. The minimum absolute atomic E-state index is 0.0684. The molecule has 3 N–H and O–H groups in total. The summed E-state index contributed by atoms with van der Waals surface area (Å²) in [6.07, 6.45) is 0. The van der Waals surface area contributed by atoms with Crippen LogP contribution >= 0.6 is 0 Å². The molecule has 3 aromatic rings. The van der Waals surface area contributed by atoms with Gasteiger partial charge in [-0.1, -0.05) is 24.3 Å². The van der Waals surface area contributed by atoms with Crippen LogP contribution in [-0.2, 0) is 29.8 Å². The average molecular weight is 730 g/mol. The second-order valence-corrected chi connectivity index (χ2v) is 17.2. The fourth-order valence-electron chi connectivity index (χ4n) is 5.70. The minimum atomic E-state index is -4.64. The maximum Gasteiger partial charge on any atom is 0.295 e. The Labute approximate surface area is 285 Å². The molecule has 0 amide bonds. The third-order valence-corrected chi connectivity index (χ3v) is 12.4. The smallest absolute Gasteiger partial charge is 0.295 e. The van der Waals surface area contributed by atoms with E-state index in [-0.39, 0.29) is 33.4 Å². The lowest BCUT2D eigenvalue weighted by molar-refractivity contribution is 0.319. The molecule has 1 heterocycles. The van der Waals surface area contributed by atoms with Gasteiger partial charge in [0.2, 0.25) is 5.36 Å². The van der Waals surface area contributed by atoms with E-state index in [2.05, 4.69) is 0 Å². The molecule has 0 atom stereocenters. The molecule has 2 aliphatic rings. The Morgan fingerprint density at radius 1 is 0.755 bits per heavy atom. The van der Waals surface area contributed by atoms with Gasteiger partial charge in [0, 0.05) is 52.1 Å². The molecule has 0 unspecified atom stereocenters. The minimum Gasteiger partial charge on any atom is -0.456 e. The normalized spacial score (nSPS) is 13.2. The van der Waals surface area contributed by atoms with Gasteiger partial charge in [0.05, 0.1) is 35.7 Å². The van der Waals surface area contributed by atoms with E-state index in [1.54, 1.807) is 72.3 Å². The molecule has 5 rings (SSSR count). The summed E-state index contributed by atoms with van der Waals surface area (Å²) in [4.78, 5) is 1.65. The first-order valence-electron chi connectivity index (χ1n) is 15.3. The maximum absolute atomic E-state index is 12.7. The second-order valence-electron chi connectivity index (χ2n) is 11.4. The monoisotopic (exact) mass is 729 g/mol. The highest BCUT2D eigenvalue weighted by molar-refractivity contribution is 7.91. The fraction of sp³-hybridized carbons (Fsp3) is 0.265. The van der Waals surface area contributed by atoms with Gasteiger partial charge in [-0.3, -0.25) is 4.55 Å². The number of sulfone groups is 2. The van der Waals surface area contributed by atoms with Gasteiger partial charge >= 0.3 is 0 Å². The van der Waals surface area contributed by atoms with Crippen LogP contribution in [0.25, 0.3) is 33.4 Å². The predicted molar refractivity (Wildman–Crippen MR) is 188 cm³/mol. The van der Waals surface area contributed by atoms with Gasteiger partial charge in [0.1, 0.15) is 29.0 Å². The standard InChI is InChI=1S/C34H36N2O10S3/c1-3-36(25-7-6-8-27(21-25)48(41,42)20-17-38)26-12-14-29-32(23-26)46-31-22-24(35(2)15-18-47(39,40)19-16-37)11-13-28(31)34(29)30-9-4-5-10-33(30)49(43,44)45/h4-14,21-23,37-38H,3,15-20H2,1-2H3/p+1. The number of nitrogens with zero attached hydrogens (tertiary/aromatic N) is 2. The molecule has 0 aromatic heterocycles. The Morgan fingerprint density at radius 3 is 2.16 bits per heavy atom. The molecule has 0 radical (unpaired) electrons. The Hall–Kier alpha value is -4.12. The van der Waals surface area contributed by atoms with Crippen molar-refractivity contribution in [3.05, 3.63) is 90.3 Å². The Bertz CT molecular complexity index is 2390. The quantitative estimate of drug-likeness (QED) is 0.0920. The first kappa shape index (κ1) is 36.2. The summed E-state index contributed by atoms with van der Waals surface area (Å²) in [5, 5.41) is 19.5. The lowest BCUT2D eigenvalue weighted by Crippen LogP contribution is -2.31. The number of hydrogen-bond donors (Lipinski definition) is 3. The van der Waals surface area contributed by atoms with Crippen LogP contribution in [0.15, 0.2) is 99.1 Å². The number of aliphatic hydroxyl groups excluding tert-OH is 2. The summed E-state index contributed by atoms with van der Waals surface area (Å²) in [7, 11) is -10.1. The van der Waals surface area contributed by atoms with Gasteiger partial charge in [-0.05, 0) is 49.4 Å². The van der Waals surface area contributed by atoms with E-state index < -0.39 is 48.8 Å². The third-order valence-electron chi connectivity index (χ3n) is 8.18. The molecule has 3 aromatic carbocycles. The molecule has 260 valence electrons. The summed E-state index contributed by atoms with van der Waals surface area (Å²) in [6.45, 7) is 1.51. The zero-order valence-electron chi connectivity index (χ0n) is 26.9. The predicted octanol–water partition coefficient (Wildman–Crippen LogP) is 3.18. The molecule has 49 heavy (non-hydrogen) atoms. The van der Waals surface area contributed by atoms with E-state index in [0.717, 1.165) is 0 Å². The Kier molecular flexibility index (Phi) is 10.6. The maximum atomic E-state index is 12.7. The van der Waals surface area contributed by atoms with Crippen LogP contribution in [-0.4, -0.2) is 90.6 Å². The Balaban J connectivity index is 1.74. The van der Waals surface area contributed by atoms with Crippen LogP contribution in [0.5, 0.6) is 0 Å². The van der Waals surface area contributed by atoms with Gasteiger partial charge in [-0.25, -0.2) is 21.4 Å². The SMILES string of the molecule is CCN(c1cccc(S(=O)(=O)CCO)c1)c1ccc2c(-c3ccccc3S(=O)(=O)O)c3ccc(=[N+](C)CCS(=O)(=O)CCO)cc-3oc2c1. The van der Waals surface area contributed by atoms with E-state index in [1.165, 1.54) is 24.3 Å². The lowest BCUT2D eigenvalue weighted by atomic mass is 9.93. The summed E-state index contributed by atoms with van der Waals surface area (Å²) in [5.41, 5.74) is 2.85. The van der Waals surface area contributed by atoms with Gasteiger partial charge in [-0.2, -0.15) is 8.42 Å². The van der Waals surface area contributed by atoms with Crippen molar-refractivity contribution >= 4 is 52.1 Å². The topological polar surface area (TPSA) is 182 Å². The molecule has 1 aliphatic heterocycles. The molecular formula is C34H37N2O10S3+. The Morgan fingerprint density at radius 2 is 1.47 bits per heavy atom. The highest BCUT2D eigenvalue weighted by Gasteiger charge is 2.25. The zero-order chi connectivity index (χ0) is 35.6. The summed E-state index contributed by atoms with van der Waals surface area (Å²) in [5.74, 6) is -0.570. The largest absolute Gasteiger partial charge is 0.456 e. The third kappa shape index (κ3) is 7.87. The van der Waals surface area contributed by atoms with Crippen molar-refractivity contribution in [1.82, 2.24) is 4.58 Å². The number of fused-ring (bicyclic) bond motifs is 2. The van der Waals surface area contributed by atoms with Crippen LogP contribution in [0, 0.1) is 0 Å². The molecular weight excluding hydrogens is 693 g/mol. The number of rotatable bonds is 13. The first-order chi connectivity index (χ1) is 23.2. The molecule has 0 spiro atoms. The van der Waals surface area contributed by atoms with Crippen molar-refractivity contribution in [3.8, 4) is 22.5 Å². The van der Waals surface area contributed by atoms with Crippen LogP contribution in [0.1, 0.15) is 6.92 Å². The zero-order valence-corrected chi connectivity index (χ0v) is 29.3. The van der Waals surface area contributed by atoms with Gasteiger partial charge in [-0.15, -0.1) is 0 Å². The fourth-order valence-corrected chi connectivity index (χ4v) is 8.50. The van der Waals surface area contributed by atoms with Crippen molar-refractivity contribution in [2.45, 2.75) is 16.7 Å². The van der Waals surface area contributed by atoms with Crippen LogP contribution in [0.4, 0.5) is 11.4 Å². The molecule has 0 saturated heterocycles. The van der Waals surface area contributed by atoms with Gasteiger partial charge < -0.3 is 19.5 Å². The van der Waals surface area contributed by atoms with E-state index in [1.807, 2.05) is 11.8 Å². The molecule has 0 bridgehead atoms.